The molecule has 0 aromatic carbocycles. The van der Waals surface area contributed by atoms with E-state index in [1.165, 1.54) is 0 Å². The molecule has 1 aliphatic carbocycles. The highest BCUT2D eigenvalue weighted by molar-refractivity contribution is 6.32. The second-order valence-electron chi connectivity index (χ2n) is 3.27. The third-order valence-electron chi connectivity index (χ3n) is 1.96. The van der Waals surface area contributed by atoms with Gasteiger partial charge in [0.25, 0.3) is 0 Å². The van der Waals surface area contributed by atoms with Gasteiger partial charge in [-0.05, 0) is 12.8 Å². The molecule has 0 heterocycles. The van der Waals surface area contributed by atoms with Crippen molar-refractivity contribution in [2.45, 2.75) is 25.1 Å². The van der Waals surface area contributed by atoms with Crippen molar-refractivity contribution < 1.29 is 27.5 Å². The van der Waals surface area contributed by atoms with Crippen molar-refractivity contribution in [2.24, 2.45) is 0 Å². The Morgan fingerprint density at radius 2 is 1.93 bits per heavy atom. The average Bonchev–Trinajstić information content (AvgIpc) is 2.93. The number of hydrogen-bond acceptors (Lipinski definition) is 3. The lowest BCUT2D eigenvalue weighted by atomic mass is 10.4. The van der Waals surface area contributed by atoms with Crippen LogP contribution in [0.3, 0.4) is 0 Å². The van der Waals surface area contributed by atoms with Crippen molar-refractivity contribution in [3.63, 3.8) is 0 Å². The standard InChI is InChI=1S/C8H10F3NO3/c1-15-7(14)6(13)12(5-2-3-5)4-8(9,10)11/h5H,2-4H2,1H3. The summed E-state index contributed by atoms with van der Waals surface area (Å²) in [6.07, 6.45) is -3.50. The normalized spacial score (nSPS) is 16.0. The molecule has 1 saturated carbocycles. The molecule has 0 spiro atoms. The van der Waals surface area contributed by atoms with E-state index in [1.807, 2.05) is 0 Å². The third-order valence-corrected chi connectivity index (χ3v) is 1.96. The fraction of sp³-hybridized carbons (Fsp3) is 0.750. The fourth-order valence-electron chi connectivity index (χ4n) is 1.15. The van der Waals surface area contributed by atoms with Crippen LogP contribution in [0.15, 0.2) is 0 Å². The molecule has 0 atom stereocenters. The summed E-state index contributed by atoms with van der Waals surface area (Å²) in [4.78, 5) is 22.5. The minimum absolute atomic E-state index is 0.474. The lowest BCUT2D eigenvalue weighted by Crippen LogP contribution is -2.44. The molecular weight excluding hydrogens is 215 g/mol. The minimum atomic E-state index is -4.49. The molecule has 0 saturated heterocycles. The number of rotatable bonds is 2. The average molecular weight is 225 g/mol. The van der Waals surface area contributed by atoms with Crippen LogP contribution in [0.25, 0.3) is 0 Å². The quantitative estimate of drug-likeness (QED) is 0.513. The SMILES string of the molecule is COC(=O)C(=O)N(CC(F)(F)F)C1CC1. The van der Waals surface area contributed by atoms with Gasteiger partial charge in [-0.15, -0.1) is 0 Å². The second-order valence-corrected chi connectivity index (χ2v) is 3.27. The predicted molar refractivity (Wildman–Crippen MR) is 42.8 cm³/mol. The largest absolute Gasteiger partial charge is 0.462 e. The van der Waals surface area contributed by atoms with Gasteiger partial charge in [0, 0.05) is 6.04 Å². The molecule has 1 fully saturated rings. The summed E-state index contributed by atoms with van der Waals surface area (Å²) in [6.45, 7) is -1.40. The maximum Gasteiger partial charge on any atom is 0.406 e. The van der Waals surface area contributed by atoms with E-state index in [4.69, 9.17) is 0 Å². The maximum atomic E-state index is 12.1. The molecule has 4 nitrogen and oxygen atoms in total. The number of nitrogens with zero attached hydrogens (tertiary/aromatic N) is 1. The number of hydrogen-bond donors (Lipinski definition) is 0. The summed E-state index contributed by atoms with van der Waals surface area (Å²) >= 11 is 0. The summed E-state index contributed by atoms with van der Waals surface area (Å²) in [5, 5.41) is 0. The minimum Gasteiger partial charge on any atom is -0.462 e. The van der Waals surface area contributed by atoms with Gasteiger partial charge in [-0.25, -0.2) is 4.79 Å². The smallest absolute Gasteiger partial charge is 0.406 e. The Bertz CT molecular complexity index is 273. The molecule has 0 unspecified atom stereocenters. The van der Waals surface area contributed by atoms with E-state index in [1.54, 1.807) is 0 Å². The van der Waals surface area contributed by atoms with Crippen LogP contribution in [0, 0.1) is 0 Å². The van der Waals surface area contributed by atoms with Crippen molar-refractivity contribution in [1.82, 2.24) is 4.90 Å². The number of ether oxygens (including phenoxy) is 1. The summed E-state index contributed by atoms with van der Waals surface area (Å²) in [6, 6.07) is -0.474. The summed E-state index contributed by atoms with van der Waals surface area (Å²) in [5.74, 6) is -2.48. The third kappa shape index (κ3) is 3.41. The van der Waals surface area contributed by atoms with E-state index < -0.39 is 30.6 Å². The van der Waals surface area contributed by atoms with Crippen molar-refractivity contribution in [2.75, 3.05) is 13.7 Å². The highest BCUT2D eigenvalue weighted by atomic mass is 19.4. The van der Waals surface area contributed by atoms with E-state index in [-0.39, 0.29) is 0 Å². The van der Waals surface area contributed by atoms with Gasteiger partial charge in [0.1, 0.15) is 6.54 Å². The lowest BCUT2D eigenvalue weighted by molar-refractivity contribution is -0.171. The van der Waals surface area contributed by atoms with Crippen molar-refractivity contribution in [3.8, 4) is 0 Å². The van der Waals surface area contributed by atoms with Crippen LogP contribution in [-0.2, 0) is 14.3 Å². The van der Waals surface area contributed by atoms with Crippen LogP contribution in [0.2, 0.25) is 0 Å². The van der Waals surface area contributed by atoms with Gasteiger partial charge < -0.3 is 9.64 Å². The Hall–Kier alpha value is -1.27. The topological polar surface area (TPSA) is 46.6 Å². The first-order valence-corrected chi connectivity index (χ1v) is 4.31. The van der Waals surface area contributed by atoms with Gasteiger partial charge in [-0.1, -0.05) is 0 Å². The van der Waals surface area contributed by atoms with Crippen LogP contribution in [0.1, 0.15) is 12.8 Å². The summed E-state index contributed by atoms with van der Waals surface area (Å²) < 4.78 is 40.3. The highest BCUT2D eigenvalue weighted by Gasteiger charge is 2.42. The Morgan fingerprint density at radius 1 is 1.40 bits per heavy atom. The van der Waals surface area contributed by atoms with E-state index in [2.05, 4.69) is 4.74 Å². The summed E-state index contributed by atoms with van der Waals surface area (Å²) in [7, 11) is 0.957. The highest BCUT2D eigenvalue weighted by Crippen LogP contribution is 2.30. The maximum absolute atomic E-state index is 12.1. The van der Waals surface area contributed by atoms with Crippen LogP contribution in [0.5, 0.6) is 0 Å². The van der Waals surface area contributed by atoms with Gasteiger partial charge in [0.05, 0.1) is 7.11 Å². The Kier molecular flexibility index (Phi) is 3.21. The lowest BCUT2D eigenvalue weighted by Gasteiger charge is -2.22. The number of amides is 1. The van der Waals surface area contributed by atoms with E-state index in [0.29, 0.717) is 17.7 Å². The molecule has 7 heteroatoms. The van der Waals surface area contributed by atoms with E-state index in [9.17, 15) is 22.8 Å². The molecule has 1 rings (SSSR count). The van der Waals surface area contributed by atoms with Gasteiger partial charge in [0.15, 0.2) is 0 Å². The summed E-state index contributed by atoms with van der Waals surface area (Å²) in [5.41, 5.74) is 0. The molecule has 0 aromatic heterocycles. The number of carbonyl (C=O) groups is 2. The number of halogens is 3. The number of methoxy groups -OCH3 is 1. The van der Waals surface area contributed by atoms with Crippen LogP contribution >= 0.6 is 0 Å². The van der Waals surface area contributed by atoms with Gasteiger partial charge in [-0.3, -0.25) is 4.79 Å². The van der Waals surface area contributed by atoms with Crippen molar-refractivity contribution in [3.05, 3.63) is 0 Å². The first-order chi connectivity index (χ1) is 6.85. The van der Waals surface area contributed by atoms with E-state index >= 15 is 0 Å². The Balaban J connectivity index is 2.66. The van der Waals surface area contributed by atoms with Crippen LogP contribution in [0.4, 0.5) is 13.2 Å². The molecular formula is C8H10F3NO3. The molecule has 0 radical (unpaired) electrons. The number of esters is 1. The first kappa shape index (κ1) is 11.8. The van der Waals surface area contributed by atoms with E-state index in [0.717, 1.165) is 7.11 Å². The molecule has 1 amide bonds. The molecule has 0 bridgehead atoms. The molecule has 0 aromatic rings. The predicted octanol–water partition coefficient (Wildman–Crippen LogP) is 0.713. The van der Waals surface area contributed by atoms with Crippen molar-refractivity contribution >= 4 is 11.9 Å². The Labute approximate surface area is 84.0 Å². The number of alkyl halides is 3. The van der Waals surface area contributed by atoms with Gasteiger partial charge in [-0.2, -0.15) is 13.2 Å². The van der Waals surface area contributed by atoms with Gasteiger partial charge in [0.2, 0.25) is 0 Å². The van der Waals surface area contributed by atoms with Gasteiger partial charge >= 0.3 is 18.1 Å². The fourth-order valence-corrected chi connectivity index (χ4v) is 1.15. The van der Waals surface area contributed by atoms with Crippen LogP contribution in [-0.4, -0.2) is 42.6 Å². The Morgan fingerprint density at radius 3 is 2.27 bits per heavy atom. The second kappa shape index (κ2) is 4.08. The molecule has 86 valence electrons. The zero-order chi connectivity index (χ0) is 11.6. The van der Waals surface area contributed by atoms with Crippen LogP contribution < -0.4 is 0 Å². The molecule has 15 heavy (non-hydrogen) atoms. The molecule has 0 N–H and O–H groups in total. The molecule has 1 aliphatic rings. The first-order valence-electron chi connectivity index (χ1n) is 4.31. The molecule has 0 aliphatic heterocycles. The zero-order valence-electron chi connectivity index (χ0n) is 8.00. The number of carbonyl (C=O) groups excluding carboxylic acids is 2. The monoisotopic (exact) mass is 225 g/mol. The van der Waals surface area contributed by atoms with Crippen molar-refractivity contribution in [1.29, 1.82) is 0 Å². The zero-order valence-corrected chi connectivity index (χ0v) is 8.00.